The number of hydrogen-bond acceptors (Lipinski definition) is 4. The Morgan fingerprint density at radius 2 is 1.52 bits per heavy atom. The summed E-state index contributed by atoms with van der Waals surface area (Å²) in [5, 5.41) is 16.9. The first-order chi connectivity index (χ1) is 9.99. The van der Waals surface area contributed by atoms with Gasteiger partial charge < -0.3 is 5.11 Å². The van der Waals surface area contributed by atoms with Crippen LogP contribution in [0, 0.1) is 0 Å². The van der Waals surface area contributed by atoms with E-state index >= 15 is 0 Å². The van der Waals surface area contributed by atoms with Crippen molar-refractivity contribution < 1.29 is 24.7 Å². The number of rotatable bonds is 9. The van der Waals surface area contributed by atoms with Gasteiger partial charge in [0.1, 0.15) is 0 Å². The van der Waals surface area contributed by atoms with Gasteiger partial charge >= 0.3 is 5.97 Å². The van der Waals surface area contributed by atoms with Gasteiger partial charge in [-0.05, 0) is 19.3 Å². The van der Waals surface area contributed by atoms with Crippen LogP contribution in [0.3, 0.4) is 0 Å². The Bertz CT molecular complexity index is 338. The Hall–Kier alpha value is -1.69. The summed E-state index contributed by atoms with van der Waals surface area (Å²) >= 11 is 0. The molecule has 0 aromatic heterocycles. The van der Waals surface area contributed by atoms with Crippen LogP contribution in [-0.2, 0) is 14.4 Å². The van der Waals surface area contributed by atoms with E-state index in [0.717, 1.165) is 19.3 Å². The number of aliphatic carboxylic acids is 1. The predicted octanol–water partition coefficient (Wildman–Crippen LogP) is 2.90. The molecule has 0 aromatic carbocycles. The fourth-order valence-electron chi connectivity index (χ4n) is 1.84. The first-order valence-electron chi connectivity index (χ1n) is 7.36. The molecular weight excluding hydrogens is 274 g/mol. The van der Waals surface area contributed by atoms with Crippen LogP contribution in [0.5, 0.6) is 0 Å². The minimum Gasteiger partial charge on any atom is -0.481 e. The fourth-order valence-corrected chi connectivity index (χ4v) is 1.84. The number of nitrogens with zero attached hydrogens (tertiary/aromatic N) is 1. The summed E-state index contributed by atoms with van der Waals surface area (Å²) in [6, 6.07) is 0. The minimum atomic E-state index is -0.674. The zero-order valence-electron chi connectivity index (χ0n) is 12.4. The number of allylic oxidation sites excluding steroid dienone is 1. The van der Waals surface area contributed by atoms with Crippen LogP contribution in [0.25, 0.3) is 0 Å². The molecule has 1 aliphatic rings. The van der Waals surface area contributed by atoms with Crippen LogP contribution in [0.15, 0.2) is 12.7 Å². The third-order valence-corrected chi connectivity index (χ3v) is 3.07. The molecule has 0 unspecified atom stereocenters. The van der Waals surface area contributed by atoms with E-state index in [-0.39, 0.29) is 17.9 Å². The molecule has 21 heavy (non-hydrogen) atoms. The summed E-state index contributed by atoms with van der Waals surface area (Å²) < 4.78 is 0. The number of imide groups is 1. The number of carboxylic acid groups (broad SMARTS) is 1. The van der Waals surface area contributed by atoms with E-state index in [1.807, 2.05) is 6.08 Å². The SMILES string of the molecule is C=CCCCCCCCCC(=O)O.O=C1CCC(=O)N1O. The van der Waals surface area contributed by atoms with Crippen molar-refractivity contribution >= 4 is 17.8 Å². The molecule has 0 spiro atoms. The van der Waals surface area contributed by atoms with E-state index in [2.05, 4.69) is 6.58 Å². The van der Waals surface area contributed by atoms with Crippen molar-refractivity contribution in [3.05, 3.63) is 12.7 Å². The van der Waals surface area contributed by atoms with Gasteiger partial charge in [-0.3, -0.25) is 19.6 Å². The molecule has 120 valence electrons. The molecule has 1 rings (SSSR count). The van der Waals surface area contributed by atoms with Gasteiger partial charge in [-0.15, -0.1) is 6.58 Å². The largest absolute Gasteiger partial charge is 0.481 e. The second kappa shape index (κ2) is 12.1. The molecule has 0 radical (unpaired) electrons. The molecule has 0 atom stereocenters. The zero-order valence-corrected chi connectivity index (χ0v) is 12.4. The zero-order chi connectivity index (χ0) is 16.1. The van der Waals surface area contributed by atoms with E-state index < -0.39 is 17.8 Å². The molecule has 1 saturated heterocycles. The number of carbonyl (C=O) groups excluding carboxylic acids is 2. The standard InChI is InChI=1S/C11H20O2.C4H5NO3/c1-2-3-4-5-6-7-8-9-10-11(12)13;6-3-1-2-4(7)5(3)8/h2H,1,3-10H2,(H,12,13);8H,1-2H2. The van der Waals surface area contributed by atoms with E-state index in [9.17, 15) is 14.4 Å². The number of carboxylic acids is 1. The summed E-state index contributed by atoms with van der Waals surface area (Å²) in [5.41, 5.74) is 0. The number of hydroxylamine groups is 2. The van der Waals surface area contributed by atoms with Crippen molar-refractivity contribution in [1.29, 1.82) is 0 Å². The number of amides is 2. The van der Waals surface area contributed by atoms with Crippen molar-refractivity contribution in [2.45, 2.75) is 64.2 Å². The molecule has 2 amide bonds. The van der Waals surface area contributed by atoms with E-state index in [0.29, 0.717) is 6.42 Å². The highest BCUT2D eigenvalue weighted by atomic mass is 16.5. The van der Waals surface area contributed by atoms with Gasteiger partial charge in [0.25, 0.3) is 11.8 Å². The van der Waals surface area contributed by atoms with Crippen LogP contribution >= 0.6 is 0 Å². The molecule has 2 N–H and O–H groups in total. The Balaban J connectivity index is 0.000000423. The Kier molecular flexibility index (Phi) is 11.1. The maximum atomic E-state index is 10.2. The Morgan fingerprint density at radius 3 is 1.90 bits per heavy atom. The lowest BCUT2D eigenvalue weighted by molar-refractivity contribution is -0.171. The average Bonchev–Trinajstić information content (AvgIpc) is 2.73. The van der Waals surface area contributed by atoms with Gasteiger partial charge in [-0.25, -0.2) is 0 Å². The van der Waals surface area contributed by atoms with Gasteiger partial charge in [-0.1, -0.05) is 31.8 Å². The number of carbonyl (C=O) groups is 3. The second-order valence-electron chi connectivity index (χ2n) is 4.94. The lowest BCUT2D eigenvalue weighted by Gasteiger charge is -1.98. The van der Waals surface area contributed by atoms with Gasteiger partial charge in [-0.2, -0.15) is 5.06 Å². The lowest BCUT2D eigenvalue weighted by atomic mass is 10.1. The Labute approximate surface area is 125 Å². The first kappa shape index (κ1) is 19.3. The van der Waals surface area contributed by atoms with Crippen LogP contribution in [0.4, 0.5) is 0 Å². The second-order valence-corrected chi connectivity index (χ2v) is 4.94. The molecule has 0 aliphatic carbocycles. The van der Waals surface area contributed by atoms with Crippen molar-refractivity contribution in [2.24, 2.45) is 0 Å². The van der Waals surface area contributed by atoms with Crippen LogP contribution in [0.1, 0.15) is 64.2 Å². The molecule has 1 aliphatic heterocycles. The van der Waals surface area contributed by atoms with Crippen LogP contribution in [0.2, 0.25) is 0 Å². The van der Waals surface area contributed by atoms with Gasteiger partial charge in [0.15, 0.2) is 0 Å². The van der Waals surface area contributed by atoms with Crippen molar-refractivity contribution in [1.82, 2.24) is 5.06 Å². The summed E-state index contributed by atoms with van der Waals surface area (Å²) in [6.45, 7) is 3.66. The number of hydrogen-bond donors (Lipinski definition) is 2. The molecule has 6 heteroatoms. The van der Waals surface area contributed by atoms with E-state index in [1.165, 1.54) is 25.7 Å². The topological polar surface area (TPSA) is 94.9 Å². The molecule has 0 saturated carbocycles. The first-order valence-corrected chi connectivity index (χ1v) is 7.36. The molecule has 0 bridgehead atoms. The average molecular weight is 299 g/mol. The van der Waals surface area contributed by atoms with Crippen LogP contribution < -0.4 is 0 Å². The van der Waals surface area contributed by atoms with Crippen molar-refractivity contribution in [2.75, 3.05) is 0 Å². The van der Waals surface area contributed by atoms with Gasteiger partial charge in [0, 0.05) is 19.3 Å². The third kappa shape index (κ3) is 10.7. The number of unbranched alkanes of at least 4 members (excludes halogenated alkanes) is 6. The fraction of sp³-hybridized carbons (Fsp3) is 0.667. The highest BCUT2D eigenvalue weighted by molar-refractivity contribution is 6.00. The van der Waals surface area contributed by atoms with E-state index in [4.69, 9.17) is 10.3 Å². The maximum Gasteiger partial charge on any atom is 0.303 e. The van der Waals surface area contributed by atoms with E-state index in [1.54, 1.807) is 0 Å². The minimum absolute atomic E-state index is 0.148. The highest BCUT2D eigenvalue weighted by Crippen LogP contribution is 2.08. The molecule has 1 fully saturated rings. The summed E-state index contributed by atoms with van der Waals surface area (Å²) in [5.74, 6) is -1.68. The Morgan fingerprint density at radius 1 is 1.05 bits per heavy atom. The highest BCUT2D eigenvalue weighted by Gasteiger charge is 2.26. The van der Waals surface area contributed by atoms with Gasteiger partial charge in [0.05, 0.1) is 0 Å². The summed E-state index contributed by atoms with van der Waals surface area (Å²) in [7, 11) is 0. The molecular formula is C15H25NO5. The molecule has 6 nitrogen and oxygen atoms in total. The quantitative estimate of drug-likeness (QED) is 0.295. The predicted molar refractivity (Wildman–Crippen MR) is 77.6 cm³/mol. The maximum absolute atomic E-state index is 10.2. The van der Waals surface area contributed by atoms with Crippen molar-refractivity contribution in [3.8, 4) is 0 Å². The molecule has 0 aromatic rings. The lowest BCUT2D eigenvalue weighted by Crippen LogP contribution is -2.24. The molecule has 1 heterocycles. The summed E-state index contributed by atoms with van der Waals surface area (Å²) in [4.78, 5) is 30.6. The van der Waals surface area contributed by atoms with Crippen LogP contribution in [-0.4, -0.2) is 33.2 Å². The smallest absolute Gasteiger partial charge is 0.303 e. The third-order valence-electron chi connectivity index (χ3n) is 3.07. The summed E-state index contributed by atoms with van der Waals surface area (Å²) in [6.07, 6.45) is 10.4. The van der Waals surface area contributed by atoms with Crippen molar-refractivity contribution in [3.63, 3.8) is 0 Å². The normalized spacial score (nSPS) is 13.9. The van der Waals surface area contributed by atoms with Gasteiger partial charge in [0.2, 0.25) is 0 Å². The monoisotopic (exact) mass is 299 g/mol.